The number of nitriles is 2. The van der Waals surface area contributed by atoms with E-state index in [4.69, 9.17) is 15.3 Å². The van der Waals surface area contributed by atoms with E-state index in [0.717, 1.165) is 24.0 Å². The van der Waals surface area contributed by atoms with Gasteiger partial charge < -0.3 is 14.3 Å². The van der Waals surface area contributed by atoms with E-state index in [1.54, 1.807) is 12.1 Å². The van der Waals surface area contributed by atoms with E-state index in [9.17, 15) is 5.11 Å². The molecule has 1 unspecified atom stereocenters. The van der Waals surface area contributed by atoms with Crippen molar-refractivity contribution in [2.75, 3.05) is 33.8 Å². The van der Waals surface area contributed by atoms with Gasteiger partial charge in [0.05, 0.1) is 45.9 Å². The molecule has 0 radical (unpaired) electrons. The quantitative estimate of drug-likeness (QED) is 0.141. The maximum Gasteiger partial charge on any atom is 0.183 e. The van der Waals surface area contributed by atoms with Crippen molar-refractivity contribution >= 4 is 0 Å². The van der Waals surface area contributed by atoms with Crippen molar-refractivity contribution in [1.82, 2.24) is 0 Å². The molecule has 0 aromatic heterocycles. The third kappa shape index (κ3) is 17.7. The summed E-state index contributed by atoms with van der Waals surface area (Å²) in [7, 11) is 4.46. The van der Waals surface area contributed by atoms with Crippen LogP contribution in [-0.2, 0) is 4.74 Å². The first-order valence-electron chi connectivity index (χ1n) is 12.4. The van der Waals surface area contributed by atoms with Gasteiger partial charge in [-0.05, 0) is 12.8 Å². The number of quaternary nitrogens is 1. The Balaban J connectivity index is 3.48. The number of nitrogens with zero attached hydrogens (tertiary/aromatic N) is 3. The van der Waals surface area contributed by atoms with Gasteiger partial charge >= 0.3 is 0 Å². The molecule has 0 aliphatic rings. The average molecular weight is 423 g/mol. The number of ether oxygens (including phenoxy) is 1. The first-order chi connectivity index (χ1) is 14.5. The van der Waals surface area contributed by atoms with Crippen LogP contribution in [0.4, 0.5) is 0 Å². The lowest BCUT2D eigenvalue weighted by Crippen LogP contribution is -2.41. The molecule has 0 heterocycles. The number of hydrogen-bond donors (Lipinski definition) is 1. The Hall–Kier alpha value is -1.14. The monoisotopic (exact) mass is 422 g/mol. The van der Waals surface area contributed by atoms with Crippen LogP contribution in [0.3, 0.4) is 0 Å². The van der Waals surface area contributed by atoms with Gasteiger partial charge in [0.1, 0.15) is 0 Å². The fraction of sp³-hybridized carbons (Fsp3) is 0.920. The molecule has 0 fully saturated rings. The average Bonchev–Trinajstić information content (AvgIpc) is 2.72. The zero-order valence-electron chi connectivity index (χ0n) is 20.1. The third-order valence-corrected chi connectivity index (χ3v) is 5.88. The van der Waals surface area contributed by atoms with E-state index in [2.05, 4.69) is 21.0 Å². The minimum Gasteiger partial charge on any atom is -0.366 e. The second-order valence-electron chi connectivity index (χ2n) is 9.33. The van der Waals surface area contributed by atoms with Crippen molar-refractivity contribution in [3.63, 3.8) is 0 Å². The Kier molecular flexibility index (Phi) is 19.0. The van der Waals surface area contributed by atoms with Gasteiger partial charge in [0, 0.05) is 6.42 Å². The molecule has 1 atom stereocenters. The van der Waals surface area contributed by atoms with Crippen molar-refractivity contribution in [3.8, 4) is 12.1 Å². The number of aliphatic hydroxyl groups excluding tert-OH is 1. The van der Waals surface area contributed by atoms with Crippen molar-refractivity contribution in [2.24, 2.45) is 5.92 Å². The molecule has 0 saturated heterocycles. The number of rotatable bonds is 21. The highest BCUT2D eigenvalue weighted by Crippen LogP contribution is 2.14. The molecular formula is C25H48N3O2+. The smallest absolute Gasteiger partial charge is 0.183 e. The molecule has 0 aromatic carbocycles. The summed E-state index contributed by atoms with van der Waals surface area (Å²) >= 11 is 0. The molecule has 5 nitrogen and oxygen atoms in total. The van der Waals surface area contributed by atoms with Crippen LogP contribution in [0.15, 0.2) is 0 Å². The summed E-state index contributed by atoms with van der Waals surface area (Å²) in [5, 5.41) is 27.1. The predicted octanol–water partition coefficient (Wildman–Crippen LogP) is 5.93. The first kappa shape index (κ1) is 28.9. The lowest BCUT2D eigenvalue weighted by atomic mass is 10.0. The summed E-state index contributed by atoms with van der Waals surface area (Å²) in [6.45, 7) is 4.77. The summed E-state index contributed by atoms with van der Waals surface area (Å²) in [5.74, 6) is -1.11. The molecule has 30 heavy (non-hydrogen) atoms. The standard InChI is InChI=1S/C25H48N3O2/c1-4-5-6-7-8-9-10-11-12-13-14-15-16-17-19-28(2,3)20-18-21-30-25(29)24(22-26)23-27/h24-25,29H,4-21H2,1-3H3/q+1. The summed E-state index contributed by atoms with van der Waals surface area (Å²) in [6.07, 6.45) is 18.9. The summed E-state index contributed by atoms with van der Waals surface area (Å²) < 4.78 is 6.15. The zero-order valence-corrected chi connectivity index (χ0v) is 20.1. The van der Waals surface area contributed by atoms with E-state index in [0.29, 0.717) is 6.61 Å². The maximum absolute atomic E-state index is 9.61. The van der Waals surface area contributed by atoms with Crippen LogP contribution in [-0.4, -0.2) is 49.7 Å². The predicted molar refractivity (Wildman–Crippen MR) is 123 cm³/mol. The minimum absolute atomic E-state index is 0.376. The van der Waals surface area contributed by atoms with Gasteiger partial charge in [0.2, 0.25) is 0 Å². The van der Waals surface area contributed by atoms with Crippen LogP contribution in [0.5, 0.6) is 0 Å². The van der Waals surface area contributed by atoms with Gasteiger partial charge in [-0.1, -0.05) is 84.0 Å². The van der Waals surface area contributed by atoms with E-state index in [1.807, 2.05) is 0 Å². The van der Waals surface area contributed by atoms with Crippen LogP contribution in [0.25, 0.3) is 0 Å². The minimum atomic E-state index is -1.30. The fourth-order valence-corrected chi connectivity index (χ4v) is 3.80. The highest BCUT2D eigenvalue weighted by molar-refractivity contribution is 5.00. The molecule has 0 aliphatic heterocycles. The molecule has 0 saturated carbocycles. The van der Waals surface area contributed by atoms with Gasteiger partial charge in [-0.3, -0.25) is 0 Å². The molecule has 174 valence electrons. The molecule has 0 spiro atoms. The molecule has 0 aliphatic carbocycles. The summed E-state index contributed by atoms with van der Waals surface area (Å²) in [6, 6.07) is 3.48. The SMILES string of the molecule is CCCCCCCCCCCCCCCC[N+](C)(C)CCCOC(O)C(C#N)C#N. The molecular weight excluding hydrogens is 374 g/mol. The van der Waals surface area contributed by atoms with Gasteiger partial charge in [-0.25, -0.2) is 0 Å². The highest BCUT2D eigenvalue weighted by atomic mass is 16.6. The van der Waals surface area contributed by atoms with Crippen molar-refractivity contribution < 1.29 is 14.3 Å². The second kappa shape index (κ2) is 19.8. The maximum atomic E-state index is 9.61. The van der Waals surface area contributed by atoms with E-state index < -0.39 is 12.2 Å². The van der Waals surface area contributed by atoms with Gasteiger partial charge in [0.15, 0.2) is 12.2 Å². The van der Waals surface area contributed by atoms with Crippen molar-refractivity contribution in [3.05, 3.63) is 0 Å². The number of aliphatic hydroxyl groups is 1. The van der Waals surface area contributed by atoms with Gasteiger partial charge in [-0.15, -0.1) is 0 Å². The number of unbranched alkanes of at least 4 members (excludes halogenated alkanes) is 13. The van der Waals surface area contributed by atoms with Crippen LogP contribution < -0.4 is 0 Å². The Morgan fingerprint density at radius 1 is 0.700 bits per heavy atom. The second-order valence-corrected chi connectivity index (χ2v) is 9.33. The van der Waals surface area contributed by atoms with Gasteiger partial charge in [0.25, 0.3) is 0 Å². The van der Waals surface area contributed by atoms with Crippen molar-refractivity contribution in [1.29, 1.82) is 10.5 Å². The van der Waals surface area contributed by atoms with Crippen LogP contribution in [0.2, 0.25) is 0 Å². The topological polar surface area (TPSA) is 77.0 Å². The molecule has 0 aromatic rings. The largest absolute Gasteiger partial charge is 0.366 e. The summed E-state index contributed by atoms with van der Waals surface area (Å²) in [5.41, 5.74) is 0. The normalized spacial score (nSPS) is 12.6. The Morgan fingerprint density at radius 3 is 1.53 bits per heavy atom. The van der Waals surface area contributed by atoms with E-state index in [-0.39, 0.29) is 0 Å². The van der Waals surface area contributed by atoms with Crippen LogP contribution in [0.1, 0.15) is 103 Å². The van der Waals surface area contributed by atoms with Crippen molar-refractivity contribution in [2.45, 2.75) is 110 Å². The Morgan fingerprint density at radius 2 is 1.10 bits per heavy atom. The van der Waals surface area contributed by atoms with E-state index >= 15 is 0 Å². The molecule has 0 bridgehead atoms. The lowest BCUT2D eigenvalue weighted by Gasteiger charge is -2.30. The zero-order chi connectivity index (χ0) is 22.5. The van der Waals surface area contributed by atoms with Gasteiger partial charge in [-0.2, -0.15) is 10.5 Å². The Bertz CT molecular complexity index is 454. The molecule has 5 heteroatoms. The summed E-state index contributed by atoms with van der Waals surface area (Å²) in [4.78, 5) is 0. The Labute approximate surface area is 186 Å². The highest BCUT2D eigenvalue weighted by Gasteiger charge is 2.19. The fourth-order valence-electron chi connectivity index (χ4n) is 3.80. The first-order valence-corrected chi connectivity index (χ1v) is 12.4. The van der Waals surface area contributed by atoms with Crippen LogP contribution >= 0.6 is 0 Å². The van der Waals surface area contributed by atoms with E-state index in [1.165, 1.54) is 89.9 Å². The molecule has 0 amide bonds. The third-order valence-electron chi connectivity index (χ3n) is 5.88. The number of hydrogen-bond acceptors (Lipinski definition) is 4. The lowest BCUT2D eigenvalue weighted by molar-refractivity contribution is -0.890. The van der Waals surface area contributed by atoms with Crippen LogP contribution in [0, 0.1) is 28.6 Å². The molecule has 0 rings (SSSR count). The molecule has 1 N–H and O–H groups in total.